The van der Waals surface area contributed by atoms with Crippen LogP contribution >= 0.6 is 0 Å². The molecule has 2 aliphatic heterocycles. The van der Waals surface area contributed by atoms with Crippen LogP contribution in [0.15, 0.2) is 27.5 Å². The van der Waals surface area contributed by atoms with Crippen molar-refractivity contribution in [2.45, 2.75) is 57.9 Å². The van der Waals surface area contributed by atoms with Crippen LogP contribution in [0.25, 0.3) is 11.0 Å². The van der Waals surface area contributed by atoms with Gasteiger partial charge in [-0.3, -0.25) is 0 Å². The van der Waals surface area contributed by atoms with Crippen LogP contribution in [0.5, 0.6) is 0 Å². The number of fused-ring (bicyclic) bond motifs is 2. The van der Waals surface area contributed by atoms with Gasteiger partial charge in [-0.2, -0.15) is 4.57 Å². The van der Waals surface area contributed by atoms with Crippen LogP contribution < -0.4 is 10.3 Å². The molecule has 8 nitrogen and oxygen atoms in total. The molecule has 0 amide bonds. The second-order valence-electron chi connectivity index (χ2n) is 8.76. The van der Waals surface area contributed by atoms with E-state index < -0.39 is 0 Å². The summed E-state index contributed by atoms with van der Waals surface area (Å²) < 4.78 is 21.4. The van der Waals surface area contributed by atoms with Crippen molar-refractivity contribution in [2.24, 2.45) is 0 Å². The minimum Gasteiger partial charge on any atom is -0.711 e. The van der Waals surface area contributed by atoms with Crippen molar-refractivity contribution < 1.29 is 19.1 Å². The first-order chi connectivity index (χ1) is 15.0. The number of halogens is 1. The van der Waals surface area contributed by atoms with Gasteiger partial charge in [0.05, 0.1) is 24.2 Å². The van der Waals surface area contributed by atoms with Crippen LogP contribution in [-0.4, -0.2) is 39.7 Å². The summed E-state index contributed by atoms with van der Waals surface area (Å²) >= 11 is 0. The van der Waals surface area contributed by atoms with E-state index in [4.69, 9.17) is 4.52 Å². The quantitative estimate of drug-likeness (QED) is 0.452. The Morgan fingerprint density at radius 1 is 1.25 bits per heavy atom. The Hall–Kier alpha value is -2.78. The molecule has 4 heterocycles. The summed E-state index contributed by atoms with van der Waals surface area (Å²) in [6.45, 7) is 4.95. The molecule has 172 valence electrons. The molecule has 5 rings (SSSR count). The smallest absolute Gasteiger partial charge is 0.340 e. The lowest BCUT2D eigenvalue weighted by molar-refractivity contribution is -0.627. The minimum absolute atomic E-state index is 0. The van der Waals surface area contributed by atoms with Gasteiger partial charge in [-0.1, -0.05) is 5.16 Å². The average molecular weight is 445 g/mol. The van der Waals surface area contributed by atoms with Gasteiger partial charge in [0, 0.05) is 23.9 Å². The van der Waals surface area contributed by atoms with Crippen LogP contribution in [0.2, 0.25) is 0 Å². The van der Waals surface area contributed by atoms with Crippen molar-refractivity contribution >= 4 is 11.0 Å². The van der Waals surface area contributed by atoms with Gasteiger partial charge in [-0.25, -0.2) is 13.9 Å². The van der Waals surface area contributed by atoms with Crippen LogP contribution in [0.4, 0.5) is 4.39 Å². The van der Waals surface area contributed by atoms with E-state index in [0.717, 1.165) is 61.1 Å². The van der Waals surface area contributed by atoms with E-state index in [0.29, 0.717) is 42.1 Å². The Labute approximate surface area is 185 Å². The highest BCUT2D eigenvalue weighted by molar-refractivity contribution is 5.79. The first-order valence-electron chi connectivity index (χ1n) is 11.1. The summed E-state index contributed by atoms with van der Waals surface area (Å²) in [4.78, 5) is 15.3. The summed E-state index contributed by atoms with van der Waals surface area (Å²) in [6, 6.07) is 4.57. The number of nitrogens with zero attached hydrogens (tertiary/aromatic N) is 4. The van der Waals surface area contributed by atoms with Gasteiger partial charge in [0.15, 0.2) is 5.58 Å². The zero-order valence-electron chi connectivity index (χ0n) is 18.3. The monoisotopic (exact) mass is 444 g/mol. The summed E-state index contributed by atoms with van der Waals surface area (Å²) in [6.07, 6.45) is 5.05. The molecule has 0 radical (unpaired) electrons. The number of likely N-dealkylation sites (tertiary alicyclic amines) is 1. The van der Waals surface area contributed by atoms with E-state index in [-0.39, 0.29) is 22.8 Å². The van der Waals surface area contributed by atoms with Crippen molar-refractivity contribution in [2.75, 3.05) is 19.6 Å². The molecule has 2 aliphatic rings. The third-order valence-electron chi connectivity index (χ3n) is 6.94. The van der Waals surface area contributed by atoms with E-state index in [1.807, 2.05) is 0 Å². The Balaban J connectivity index is 0.00000245. The Kier molecular flexibility index (Phi) is 6.30. The van der Waals surface area contributed by atoms with Gasteiger partial charge < -0.3 is 20.1 Å². The fraction of sp³-hybridized carbons (Fsp3) is 0.522. The van der Waals surface area contributed by atoms with Crippen molar-refractivity contribution in [3.05, 3.63) is 62.4 Å². The molecule has 32 heavy (non-hydrogen) atoms. The van der Waals surface area contributed by atoms with Crippen molar-refractivity contribution in [1.29, 1.82) is 0 Å². The highest BCUT2D eigenvalue weighted by Crippen LogP contribution is 2.32. The molecular formula is C23H29FN4O4. The molecule has 0 saturated carbocycles. The Morgan fingerprint density at radius 2 is 2.03 bits per heavy atom. The lowest BCUT2D eigenvalue weighted by Gasteiger charge is -2.31. The molecule has 0 spiro atoms. The normalized spacial score (nSPS) is 17.3. The maximum atomic E-state index is 13.4. The van der Waals surface area contributed by atoms with Crippen LogP contribution in [0.3, 0.4) is 0 Å². The van der Waals surface area contributed by atoms with Gasteiger partial charge in [0.1, 0.15) is 11.5 Å². The zero-order chi connectivity index (χ0) is 21.5. The molecule has 1 saturated heterocycles. The first-order valence-corrected chi connectivity index (χ1v) is 11.1. The summed E-state index contributed by atoms with van der Waals surface area (Å²) in [5.74, 6) is 0.568. The maximum absolute atomic E-state index is 13.4. The van der Waals surface area contributed by atoms with E-state index in [1.54, 1.807) is 17.6 Å². The maximum Gasteiger partial charge on any atom is 0.340 e. The predicted octanol–water partition coefficient (Wildman–Crippen LogP) is 2.00. The zero-order valence-corrected chi connectivity index (χ0v) is 18.3. The topological polar surface area (TPSA) is 110 Å². The van der Waals surface area contributed by atoms with Crippen LogP contribution in [0.1, 0.15) is 54.4 Å². The average Bonchev–Trinajstić information content (AvgIpc) is 3.21. The fourth-order valence-electron chi connectivity index (χ4n) is 5.09. The largest absolute Gasteiger partial charge is 0.711 e. The number of rotatable bonds is 4. The van der Waals surface area contributed by atoms with E-state index in [2.05, 4.69) is 10.1 Å². The van der Waals surface area contributed by atoms with Gasteiger partial charge in [-0.15, -0.1) is 0 Å². The molecule has 1 fully saturated rings. The highest BCUT2D eigenvalue weighted by Gasteiger charge is 2.28. The first kappa shape index (κ1) is 22.4. The van der Waals surface area contributed by atoms with Crippen molar-refractivity contribution in [3.63, 3.8) is 0 Å². The molecule has 0 atom stereocenters. The number of benzene rings is 1. The molecule has 2 N–H and O–H groups in total. The SMILES string of the molecule is Cc1c(CCN2CCC(c3noc4cc(F)ccc34)CC2)c(=O)n2c([n+]1[O-])CCCC2.O. The van der Waals surface area contributed by atoms with E-state index >= 15 is 0 Å². The lowest BCUT2D eigenvalue weighted by Crippen LogP contribution is -2.48. The van der Waals surface area contributed by atoms with E-state index in [1.165, 1.54) is 12.1 Å². The van der Waals surface area contributed by atoms with Gasteiger partial charge >= 0.3 is 5.56 Å². The molecule has 2 aromatic heterocycles. The van der Waals surface area contributed by atoms with Crippen LogP contribution in [0, 0.1) is 17.9 Å². The second kappa shape index (κ2) is 8.99. The number of aromatic nitrogens is 3. The number of hydrogen-bond acceptors (Lipinski definition) is 5. The number of hydrogen-bond donors (Lipinski definition) is 0. The summed E-state index contributed by atoms with van der Waals surface area (Å²) in [7, 11) is 0. The standard InChI is InChI=1S/C23H27FN4O3.H2O/c1-15-18(23(29)27-10-3-2-4-21(27)28(15)30)9-13-26-11-7-16(8-12-26)22-19-6-5-17(24)14-20(19)31-25-22;/h5-6,14,16H,2-4,7-13H2,1H3;1H2. The second-order valence-corrected chi connectivity index (χ2v) is 8.76. The molecule has 0 unspecified atom stereocenters. The third-order valence-corrected chi connectivity index (χ3v) is 6.94. The van der Waals surface area contributed by atoms with Gasteiger partial charge in [0.2, 0.25) is 0 Å². The molecule has 0 bridgehead atoms. The summed E-state index contributed by atoms with van der Waals surface area (Å²) in [5.41, 5.74) is 2.61. The predicted molar refractivity (Wildman–Crippen MR) is 117 cm³/mol. The van der Waals surface area contributed by atoms with E-state index in [9.17, 15) is 14.4 Å². The third kappa shape index (κ3) is 3.91. The van der Waals surface area contributed by atoms with Crippen molar-refractivity contribution in [3.8, 4) is 0 Å². The van der Waals surface area contributed by atoms with Crippen molar-refractivity contribution in [1.82, 2.24) is 14.6 Å². The molecule has 9 heteroatoms. The molecule has 0 aliphatic carbocycles. The Bertz CT molecular complexity index is 1180. The van der Waals surface area contributed by atoms with Gasteiger partial charge in [-0.05, 0) is 64.3 Å². The van der Waals surface area contributed by atoms with Crippen LogP contribution in [-0.2, 0) is 19.4 Å². The fourth-order valence-corrected chi connectivity index (χ4v) is 5.09. The minimum atomic E-state index is -0.321. The lowest BCUT2D eigenvalue weighted by atomic mass is 9.91. The molecule has 1 aromatic carbocycles. The molecule has 3 aromatic rings. The molecular weight excluding hydrogens is 415 g/mol. The van der Waals surface area contributed by atoms with Gasteiger partial charge in [0.25, 0.3) is 5.82 Å². The summed E-state index contributed by atoms with van der Waals surface area (Å²) in [5, 5.41) is 17.7. The Morgan fingerprint density at radius 3 is 2.81 bits per heavy atom. The number of piperidine rings is 1. The highest BCUT2D eigenvalue weighted by atomic mass is 19.1.